The Morgan fingerprint density at radius 2 is 1.87 bits per heavy atom. The summed E-state index contributed by atoms with van der Waals surface area (Å²) in [5, 5.41) is 10.7. The fourth-order valence-corrected chi connectivity index (χ4v) is 4.66. The number of hydrogen-bond acceptors (Lipinski definition) is 2. The third kappa shape index (κ3) is 5.32. The number of allylic oxidation sites excluding steroid dienone is 1. The van der Waals surface area contributed by atoms with E-state index in [1.807, 2.05) is 0 Å². The number of aliphatic hydroxyl groups is 1. The average Bonchev–Trinajstić information content (AvgIpc) is 2.55. The van der Waals surface area contributed by atoms with Crippen LogP contribution in [0.5, 0.6) is 0 Å². The molecule has 2 aliphatic carbocycles. The molecule has 0 bridgehead atoms. The summed E-state index contributed by atoms with van der Waals surface area (Å²) >= 11 is 0. The Morgan fingerprint density at radius 1 is 1.17 bits per heavy atom. The largest absolute Gasteiger partial charge is 0.367 e. The van der Waals surface area contributed by atoms with Crippen LogP contribution in [0.1, 0.15) is 85.5 Å². The van der Waals surface area contributed by atoms with Crippen LogP contribution in [-0.2, 0) is 4.74 Å². The highest BCUT2D eigenvalue weighted by Gasteiger charge is 2.36. The van der Waals surface area contributed by atoms with Gasteiger partial charge in [-0.1, -0.05) is 59.1 Å². The highest BCUT2D eigenvalue weighted by atomic mass is 16.6. The summed E-state index contributed by atoms with van der Waals surface area (Å²) in [6.07, 6.45) is 14.4. The first-order chi connectivity index (χ1) is 11.0. The van der Waals surface area contributed by atoms with Crippen LogP contribution >= 0.6 is 0 Å². The molecule has 2 heteroatoms. The van der Waals surface area contributed by atoms with Crippen LogP contribution in [0.2, 0.25) is 0 Å². The first-order valence-electron chi connectivity index (χ1n) is 9.98. The SMILES string of the molecule is CCC1(OC(O)C2C=CCC(C(C)CC(C)C)C2)CCCCC1. The summed E-state index contributed by atoms with van der Waals surface area (Å²) in [4.78, 5) is 0. The molecule has 2 aliphatic rings. The van der Waals surface area contributed by atoms with Crippen LogP contribution in [0, 0.1) is 23.7 Å². The number of aliphatic hydroxyl groups excluding tert-OH is 1. The highest BCUT2D eigenvalue weighted by Crippen LogP contribution is 2.39. The molecule has 1 saturated carbocycles. The predicted molar refractivity (Wildman–Crippen MR) is 97.2 cm³/mol. The number of ether oxygens (including phenoxy) is 1. The summed E-state index contributed by atoms with van der Waals surface area (Å²) < 4.78 is 6.28. The molecular weight excluding hydrogens is 284 g/mol. The van der Waals surface area contributed by atoms with Crippen LogP contribution in [0.25, 0.3) is 0 Å². The van der Waals surface area contributed by atoms with Crippen molar-refractivity contribution >= 4 is 0 Å². The van der Waals surface area contributed by atoms with Gasteiger partial charge in [0.2, 0.25) is 0 Å². The van der Waals surface area contributed by atoms with Crippen molar-refractivity contribution in [1.82, 2.24) is 0 Å². The Balaban J connectivity index is 1.92. The first kappa shape index (κ1) is 19.0. The van der Waals surface area contributed by atoms with E-state index >= 15 is 0 Å². The average molecular weight is 323 g/mol. The lowest BCUT2D eigenvalue weighted by molar-refractivity contribution is -0.216. The molecule has 1 N–H and O–H groups in total. The van der Waals surface area contributed by atoms with Gasteiger partial charge in [0.05, 0.1) is 5.60 Å². The molecule has 23 heavy (non-hydrogen) atoms. The van der Waals surface area contributed by atoms with E-state index < -0.39 is 6.29 Å². The van der Waals surface area contributed by atoms with Gasteiger partial charge in [-0.2, -0.15) is 0 Å². The maximum atomic E-state index is 10.7. The van der Waals surface area contributed by atoms with E-state index in [4.69, 9.17) is 4.74 Å². The summed E-state index contributed by atoms with van der Waals surface area (Å²) in [5.41, 5.74) is -0.0675. The number of hydrogen-bond donors (Lipinski definition) is 1. The Kier molecular flexibility index (Phi) is 7.16. The fraction of sp³-hybridized carbons (Fsp3) is 0.905. The smallest absolute Gasteiger partial charge is 0.161 e. The Hall–Kier alpha value is -0.340. The minimum atomic E-state index is -0.627. The quantitative estimate of drug-likeness (QED) is 0.481. The molecular formula is C21H38O2. The molecule has 1 fully saturated rings. The van der Waals surface area contributed by atoms with E-state index in [2.05, 4.69) is 39.8 Å². The van der Waals surface area contributed by atoms with Crippen molar-refractivity contribution in [3.8, 4) is 0 Å². The van der Waals surface area contributed by atoms with Gasteiger partial charge in [0.1, 0.15) is 0 Å². The molecule has 4 unspecified atom stereocenters. The van der Waals surface area contributed by atoms with Gasteiger partial charge in [-0.05, 0) is 56.3 Å². The van der Waals surface area contributed by atoms with Crippen LogP contribution in [0.4, 0.5) is 0 Å². The minimum Gasteiger partial charge on any atom is -0.367 e. The van der Waals surface area contributed by atoms with Gasteiger partial charge in [-0.3, -0.25) is 0 Å². The molecule has 0 heterocycles. The van der Waals surface area contributed by atoms with Gasteiger partial charge < -0.3 is 9.84 Å². The summed E-state index contributed by atoms with van der Waals surface area (Å²) in [5.74, 6) is 2.34. The zero-order valence-corrected chi connectivity index (χ0v) is 15.8. The van der Waals surface area contributed by atoms with Crippen molar-refractivity contribution in [2.45, 2.75) is 97.4 Å². The summed E-state index contributed by atoms with van der Waals surface area (Å²) in [7, 11) is 0. The van der Waals surface area contributed by atoms with Crippen LogP contribution in [0.15, 0.2) is 12.2 Å². The van der Waals surface area contributed by atoms with Gasteiger partial charge in [-0.15, -0.1) is 0 Å². The van der Waals surface area contributed by atoms with Crippen LogP contribution < -0.4 is 0 Å². The van der Waals surface area contributed by atoms with Gasteiger partial charge in [0.25, 0.3) is 0 Å². The van der Waals surface area contributed by atoms with Crippen molar-refractivity contribution in [3.63, 3.8) is 0 Å². The van der Waals surface area contributed by atoms with E-state index in [9.17, 15) is 5.11 Å². The van der Waals surface area contributed by atoms with Crippen molar-refractivity contribution in [3.05, 3.63) is 12.2 Å². The molecule has 2 rings (SSSR count). The van der Waals surface area contributed by atoms with E-state index in [1.54, 1.807) is 0 Å². The molecule has 0 saturated heterocycles. The second-order valence-electron chi connectivity index (χ2n) is 8.54. The fourth-order valence-electron chi connectivity index (χ4n) is 4.66. The third-order valence-corrected chi connectivity index (χ3v) is 6.19. The van der Waals surface area contributed by atoms with E-state index in [0.29, 0.717) is 5.92 Å². The van der Waals surface area contributed by atoms with E-state index in [1.165, 1.54) is 25.7 Å². The van der Waals surface area contributed by atoms with Crippen molar-refractivity contribution in [2.75, 3.05) is 0 Å². The highest BCUT2D eigenvalue weighted by molar-refractivity contribution is 4.99. The standard InChI is InChI=1S/C21H38O2/c1-5-21(12-7-6-8-13-21)23-20(22)19-11-9-10-18(15-19)17(4)14-16(2)3/h9,11,16-20,22H,5-8,10,12-15H2,1-4H3. The molecule has 2 nitrogen and oxygen atoms in total. The molecule has 0 spiro atoms. The van der Waals surface area contributed by atoms with Crippen molar-refractivity contribution in [1.29, 1.82) is 0 Å². The Labute approximate surface area is 143 Å². The molecule has 0 aromatic heterocycles. The zero-order chi connectivity index (χ0) is 16.9. The zero-order valence-electron chi connectivity index (χ0n) is 15.8. The molecule has 0 aromatic carbocycles. The second-order valence-corrected chi connectivity index (χ2v) is 8.54. The summed E-state index contributed by atoms with van der Waals surface area (Å²) in [6, 6.07) is 0. The van der Waals surface area contributed by atoms with Crippen molar-refractivity contribution in [2.24, 2.45) is 23.7 Å². The Morgan fingerprint density at radius 3 is 2.48 bits per heavy atom. The van der Waals surface area contributed by atoms with Crippen LogP contribution in [0.3, 0.4) is 0 Å². The van der Waals surface area contributed by atoms with Crippen molar-refractivity contribution < 1.29 is 9.84 Å². The summed E-state index contributed by atoms with van der Waals surface area (Å²) in [6.45, 7) is 9.20. The number of rotatable bonds is 7. The van der Waals surface area contributed by atoms with Gasteiger partial charge in [0.15, 0.2) is 6.29 Å². The van der Waals surface area contributed by atoms with Gasteiger partial charge in [0, 0.05) is 5.92 Å². The second kappa shape index (κ2) is 8.67. The first-order valence-corrected chi connectivity index (χ1v) is 9.98. The molecule has 0 amide bonds. The Bertz CT molecular complexity index is 368. The topological polar surface area (TPSA) is 29.5 Å². The molecule has 0 aliphatic heterocycles. The lowest BCUT2D eigenvalue weighted by Crippen LogP contribution is -2.41. The lowest BCUT2D eigenvalue weighted by atomic mass is 9.76. The molecule has 4 atom stereocenters. The maximum absolute atomic E-state index is 10.7. The third-order valence-electron chi connectivity index (χ3n) is 6.19. The predicted octanol–water partition coefficient (Wildman–Crippen LogP) is 5.70. The molecule has 0 aromatic rings. The van der Waals surface area contributed by atoms with E-state index in [0.717, 1.165) is 43.9 Å². The van der Waals surface area contributed by atoms with Gasteiger partial charge >= 0.3 is 0 Å². The lowest BCUT2D eigenvalue weighted by Gasteiger charge is -2.41. The van der Waals surface area contributed by atoms with E-state index in [-0.39, 0.29) is 11.5 Å². The normalized spacial score (nSPS) is 30.3. The monoisotopic (exact) mass is 322 g/mol. The van der Waals surface area contributed by atoms with Gasteiger partial charge in [-0.25, -0.2) is 0 Å². The molecule has 0 radical (unpaired) electrons. The maximum Gasteiger partial charge on any atom is 0.161 e. The van der Waals surface area contributed by atoms with Crippen LogP contribution in [-0.4, -0.2) is 17.0 Å². The molecule has 134 valence electrons. The minimum absolute atomic E-state index is 0.0675.